The summed E-state index contributed by atoms with van der Waals surface area (Å²) in [6, 6.07) is 1.68. The highest BCUT2D eigenvalue weighted by Gasteiger charge is 2.24. The number of carbonyl (C=O) groups excluding carboxylic acids is 1. The highest BCUT2D eigenvalue weighted by Crippen LogP contribution is 2.10. The Hall–Kier alpha value is -1.40. The van der Waals surface area contributed by atoms with Crippen LogP contribution in [-0.4, -0.2) is 65.3 Å². The van der Waals surface area contributed by atoms with Gasteiger partial charge in [-0.25, -0.2) is 0 Å². The minimum absolute atomic E-state index is 0.0643. The molecule has 0 aliphatic carbocycles. The van der Waals surface area contributed by atoms with Crippen molar-refractivity contribution in [1.82, 2.24) is 15.0 Å². The Morgan fingerprint density at radius 2 is 2.05 bits per heavy atom. The Morgan fingerprint density at radius 1 is 1.30 bits per heavy atom. The highest BCUT2D eigenvalue weighted by atomic mass is 16.5. The molecule has 1 aromatic heterocycles. The van der Waals surface area contributed by atoms with E-state index in [9.17, 15) is 4.79 Å². The van der Waals surface area contributed by atoms with E-state index < -0.39 is 0 Å². The first kappa shape index (κ1) is 15.0. The first-order valence-corrected chi connectivity index (χ1v) is 7.26. The summed E-state index contributed by atoms with van der Waals surface area (Å²) < 4.78 is 5.02. The predicted octanol–water partition coefficient (Wildman–Crippen LogP) is 0.903. The first-order chi connectivity index (χ1) is 9.70. The molecule has 0 saturated carbocycles. The molecule has 6 heteroatoms. The summed E-state index contributed by atoms with van der Waals surface area (Å²) in [7, 11) is 0. The fraction of sp³-hybridized carbons (Fsp3) is 0.714. The van der Waals surface area contributed by atoms with Crippen LogP contribution in [-0.2, 0) is 0 Å². The van der Waals surface area contributed by atoms with Gasteiger partial charge in [0.25, 0.3) is 5.91 Å². The summed E-state index contributed by atoms with van der Waals surface area (Å²) in [5, 5.41) is 12.5. The number of unbranched alkanes of at least 4 members (excludes halogenated alkanes) is 2. The lowest BCUT2D eigenvalue weighted by molar-refractivity contribution is 0.0594. The van der Waals surface area contributed by atoms with Crippen molar-refractivity contribution in [2.24, 2.45) is 0 Å². The molecule has 0 bridgehead atoms. The molecule has 6 nitrogen and oxygen atoms in total. The van der Waals surface area contributed by atoms with E-state index in [4.69, 9.17) is 9.63 Å². The maximum atomic E-state index is 12.2. The van der Waals surface area contributed by atoms with Crippen molar-refractivity contribution >= 4 is 5.91 Å². The molecule has 1 amide bonds. The zero-order valence-corrected chi connectivity index (χ0v) is 12.0. The monoisotopic (exact) mass is 281 g/mol. The number of aliphatic hydroxyl groups excluding tert-OH is 1. The Bertz CT molecular complexity index is 425. The van der Waals surface area contributed by atoms with Crippen LogP contribution in [0.3, 0.4) is 0 Å². The fourth-order valence-electron chi connectivity index (χ4n) is 2.42. The predicted molar refractivity (Wildman–Crippen MR) is 74.5 cm³/mol. The molecular formula is C14H23N3O3. The molecule has 0 spiro atoms. The van der Waals surface area contributed by atoms with Crippen molar-refractivity contribution in [2.45, 2.75) is 26.2 Å². The molecule has 112 valence electrons. The van der Waals surface area contributed by atoms with E-state index >= 15 is 0 Å². The molecule has 1 fully saturated rings. The van der Waals surface area contributed by atoms with Gasteiger partial charge in [0.2, 0.25) is 5.76 Å². The molecule has 1 N–H and O–H groups in total. The number of aliphatic hydroxyl groups is 1. The number of rotatable bonds is 6. The van der Waals surface area contributed by atoms with Crippen LogP contribution in [0.1, 0.15) is 35.5 Å². The molecule has 2 rings (SSSR count). The molecule has 0 aromatic carbocycles. The quantitative estimate of drug-likeness (QED) is 0.785. The van der Waals surface area contributed by atoms with Gasteiger partial charge in [0.15, 0.2) is 0 Å². The minimum Gasteiger partial charge on any atom is -0.396 e. The third kappa shape index (κ3) is 4.05. The fourth-order valence-corrected chi connectivity index (χ4v) is 2.42. The smallest absolute Gasteiger partial charge is 0.292 e. The molecule has 1 saturated heterocycles. The van der Waals surface area contributed by atoms with E-state index in [1.54, 1.807) is 6.07 Å². The molecule has 1 aromatic rings. The van der Waals surface area contributed by atoms with Gasteiger partial charge < -0.3 is 14.5 Å². The van der Waals surface area contributed by atoms with Crippen LogP contribution < -0.4 is 0 Å². The SMILES string of the molecule is Cc1cc(C(=O)N2CCN(CCCCCO)CC2)on1. The topological polar surface area (TPSA) is 69.8 Å². The number of aryl methyl sites for hydroxylation is 1. The Morgan fingerprint density at radius 3 is 2.65 bits per heavy atom. The third-order valence-electron chi connectivity index (χ3n) is 3.63. The zero-order chi connectivity index (χ0) is 14.4. The molecule has 0 atom stereocenters. The summed E-state index contributed by atoms with van der Waals surface area (Å²) in [5.41, 5.74) is 0.732. The van der Waals surface area contributed by atoms with Gasteiger partial charge in [0.05, 0.1) is 5.69 Å². The lowest BCUT2D eigenvalue weighted by Gasteiger charge is -2.34. The van der Waals surface area contributed by atoms with Crippen molar-refractivity contribution in [3.63, 3.8) is 0 Å². The largest absolute Gasteiger partial charge is 0.396 e. The summed E-state index contributed by atoms with van der Waals surface area (Å²) in [4.78, 5) is 16.4. The number of piperazine rings is 1. The second-order valence-electron chi connectivity index (χ2n) is 5.25. The summed E-state index contributed by atoms with van der Waals surface area (Å²) >= 11 is 0. The molecule has 0 radical (unpaired) electrons. The molecular weight excluding hydrogens is 258 g/mol. The van der Waals surface area contributed by atoms with E-state index in [1.807, 2.05) is 11.8 Å². The summed E-state index contributed by atoms with van der Waals surface area (Å²) in [6.07, 6.45) is 3.05. The molecule has 2 heterocycles. The van der Waals surface area contributed by atoms with E-state index in [1.165, 1.54) is 0 Å². The second-order valence-corrected chi connectivity index (χ2v) is 5.25. The summed E-state index contributed by atoms with van der Waals surface area (Å²) in [5.74, 6) is 0.268. The highest BCUT2D eigenvalue weighted by molar-refractivity contribution is 5.91. The maximum Gasteiger partial charge on any atom is 0.292 e. The van der Waals surface area contributed by atoms with Gasteiger partial charge in [-0.1, -0.05) is 5.16 Å². The van der Waals surface area contributed by atoms with Crippen molar-refractivity contribution in [3.05, 3.63) is 17.5 Å². The van der Waals surface area contributed by atoms with Crippen molar-refractivity contribution in [2.75, 3.05) is 39.3 Å². The first-order valence-electron chi connectivity index (χ1n) is 7.26. The van der Waals surface area contributed by atoms with Crippen LogP contribution in [0.25, 0.3) is 0 Å². The van der Waals surface area contributed by atoms with E-state index in [0.29, 0.717) is 5.76 Å². The Kier molecular flexibility index (Phi) is 5.55. The van der Waals surface area contributed by atoms with E-state index in [0.717, 1.165) is 57.7 Å². The summed E-state index contributed by atoms with van der Waals surface area (Å²) in [6.45, 7) is 6.40. The molecule has 20 heavy (non-hydrogen) atoms. The number of carbonyl (C=O) groups is 1. The number of amides is 1. The number of hydrogen-bond acceptors (Lipinski definition) is 5. The lowest BCUT2D eigenvalue weighted by atomic mass is 10.2. The van der Waals surface area contributed by atoms with Gasteiger partial charge in [0.1, 0.15) is 0 Å². The Balaban J connectivity index is 1.72. The average Bonchev–Trinajstić information content (AvgIpc) is 2.90. The van der Waals surface area contributed by atoms with Crippen molar-refractivity contribution < 1.29 is 14.4 Å². The number of aromatic nitrogens is 1. The molecule has 1 aliphatic rings. The van der Waals surface area contributed by atoms with Gasteiger partial charge in [-0.15, -0.1) is 0 Å². The van der Waals surface area contributed by atoms with Gasteiger partial charge in [-0.05, 0) is 32.7 Å². The number of hydrogen-bond donors (Lipinski definition) is 1. The van der Waals surface area contributed by atoms with Gasteiger partial charge in [-0.2, -0.15) is 0 Å². The Labute approximate surface area is 119 Å². The van der Waals surface area contributed by atoms with Crippen molar-refractivity contribution in [3.8, 4) is 0 Å². The van der Waals surface area contributed by atoms with E-state index in [-0.39, 0.29) is 12.5 Å². The van der Waals surface area contributed by atoms with Crippen LogP contribution in [0, 0.1) is 6.92 Å². The number of nitrogens with zero attached hydrogens (tertiary/aromatic N) is 3. The van der Waals surface area contributed by atoms with Gasteiger partial charge >= 0.3 is 0 Å². The normalized spacial score (nSPS) is 16.6. The van der Waals surface area contributed by atoms with Crippen LogP contribution in [0.5, 0.6) is 0 Å². The second kappa shape index (κ2) is 7.40. The molecule has 0 unspecified atom stereocenters. The molecule has 1 aliphatic heterocycles. The standard InChI is InChI=1S/C14H23N3O3/c1-12-11-13(20-15-12)14(19)17-8-6-16(7-9-17)5-3-2-4-10-18/h11,18H,2-10H2,1H3. The van der Waals surface area contributed by atoms with Crippen LogP contribution >= 0.6 is 0 Å². The third-order valence-corrected chi connectivity index (χ3v) is 3.63. The average molecular weight is 281 g/mol. The maximum absolute atomic E-state index is 12.2. The van der Waals surface area contributed by atoms with Crippen molar-refractivity contribution in [1.29, 1.82) is 0 Å². The zero-order valence-electron chi connectivity index (χ0n) is 12.0. The van der Waals surface area contributed by atoms with Crippen LogP contribution in [0.4, 0.5) is 0 Å². The van der Waals surface area contributed by atoms with Gasteiger partial charge in [0, 0.05) is 38.9 Å². The van der Waals surface area contributed by atoms with Crippen LogP contribution in [0.15, 0.2) is 10.6 Å². The lowest BCUT2D eigenvalue weighted by Crippen LogP contribution is -2.48. The van der Waals surface area contributed by atoms with Crippen LogP contribution in [0.2, 0.25) is 0 Å². The van der Waals surface area contributed by atoms with Gasteiger partial charge in [-0.3, -0.25) is 9.69 Å². The van der Waals surface area contributed by atoms with E-state index in [2.05, 4.69) is 10.1 Å². The minimum atomic E-state index is -0.0643.